The Balaban J connectivity index is 1.85. The Kier molecular flexibility index (Phi) is 2.78. The summed E-state index contributed by atoms with van der Waals surface area (Å²) < 4.78 is 1.59. The predicted octanol–water partition coefficient (Wildman–Crippen LogP) is 1.89. The number of rotatable bonds is 3. The van der Waals surface area contributed by atoms with E-state index in [1.165, 1.54) is 37.0 Å². The molecule has 1 aliphatic carbocycles. The van der Waals surface area contributed by atoms with Crippen LogP contribution in [0.25, 0.3) is 0 Å². The van der Waals surface area contributed by atoms with Crippen LogP contribution in [0.1, 0.15) is 32.1 Å². The summed E-state index contributed by atoms with van der Waals surface area (Å²) in [7, 11) is 0. The van der Waals surface area contributed by atoms with Crippen LogP contribution in [-0.2, 0) is 6.54 Å². The first-order valence-corrected chi connectivity index (χ1v) is 5.75. The van der Waals surface area contributed by atoms with Crippen molar-refractivity contribution in [2.24, 2.45) is 5.92 Å². The van der Waals surface area contributed by atoms with Gasteiger partial charge >= 0.3 is 4.87 Å². The largest absolute Gasteiger partial charge is 0.324 e. The maximum absolute atomic E-state index is 11.1. The SMILES string of the molecule is O=c1scnn1CCC1CCCC1. The minimum absolute atomic E-state index is 0.0815. The summed E-state index contributed by atoms with van der Waals surface area (Å²) in [6.07, 6.45) is 6.56. The maximum atomic E-state index is 11.1. The number of hydrogen-bond donors (Lipinski definition) is 0. The molecule has 3 nitrogen and oxygen atoms in total. The minimum Gasteiger partial charge on any atom is -0.255 e. The van der Waals surface area contributed by atoms with Crippen LogP contribution >= 0.6 is 11.3 Å². The van der Waals surface area contributed by atoms with Crippen LogP contribution in [0.2, 0.25) is 0 Å². The molecule has 1 aromatic rings. The van der Waals surface area contributed by atoms with Crippen molar-refractivity contribution in [3.63, 3.8) is 0 Å². The smallest absolute Gasteiger partial charge is 0.255 e. The Bertz CT molecular complexity index is 311. The van der Waals surface area contributed by atoms with Crippen molar-refractivity contribution in [3.05, 3.63) is 15.2 Å². The van der Waals surface area contributed by atoms with Gasteiger partial charge in [-0.2, -0.15) is 5.10 Å². The molecule has 1 aliphatic rings. The molecule has 0 N–H and O–H groups in total. The number of hydrogen-bond acceptors (Lipinski definition) is 3. The van der Waals surface area contributed by atoms with E-state index in [1.807, 2.05) is 0 Å². The molecule has 1 aromatic heterocycles. The van der Waals surface area contributed by atoms with Crippen molar-refractivity contribution >= 4 is 11.3 Å². The lowest BCUT2D eigenvalue weighted by Crippen LogP contribution is -2.16. The normalized spacial score (nSPS) is 18.2. The summed E-state index contributed by atoms with van der Waals surface area (Å²) in [5.74, 6) is 0.841. The number of aromatic nitrogens is 2. The van der Waals surface area contributed by atoms with Crippen molar-refractivity contribution in [2.45, 2.75) is 38.6 Å². The van der Waals surface area contributed by atoms with E-state index in [2.05, 4.69) is 5.10 Å². The average molecular weight is 198 g/mol. The van der Waals surface area contributed by atoms with E-state index in [-0.39, 0.29) is 4.87 Å². The van der Waals surface area contributed by atoms with Crippen molar-refractivity contribution < 1.29 is 0 Å². The molecule has 2 rings (SSSR count). The second-order valence-corrected chi connectivity index (χ2v) is 4.46. The molecule has 13 heavy (non-hydrogen) atoms. The fourth-order valence-corrected chi connectivity index (χ4v) is 2.50. The van der Waals surface area contributed by atoms with Crippen LogP contribution in [0.4, 0.5) is 0 Å². The van der Waals surface area contributed by atoms with Crippen LogP contribution in [-0.4, -0.2) is 9.78 Å². The van der Waals surface area contributed by atoms with Crippen LogP contribution in [0.15, 0.2) is 10.3 Å². The molecule has 0 saturated heterocycles. The van der Waals surface area contributed by atoms with Gasteiger partial charge in [-0.25, -0.2) is 4.68 Å². The zero-order valence-electron chi connectivity index (χ0n) is 7.61. The molecule has 0 atom stereocenters. The third kappa shape index (κ3) is 2.18. The lowest BCUT2D eigenvalue weighted by molar-refractivity contribution is 0.435. The molecule has 4 heteroatoms. The molecule has 0 aliphatic heterocycles. The fraction of sp³-hybridized carbons (Fsp3) is 0.778. The van der Waals surface area contributed by atoms with Crippen molar-refractivity contribution in [3.8, 4) is 0 Å². The third-order valence-corrected chi connectivity index (χ3v) is 3.39. The first-order valence-electron chi connectivity index (χ1n) is 4.87. The van der Waals surface area contributed by atoms with Gasteiger partial charge in [-0.3, -0.25) is 4.79 Å². The van der Waals surface area contributed by atoms with Gasteiger partial charge in [0.2, 0.25) is 0 Å². The molecule has 0 aromatic carbocycles. The number of nitrogens with zero attached hydrogens (tertiary/aromatic N) is 2. The highest BCUT2D eigenvalue weighted by Crippen LogP contribution is 2.27. The Hall–Kier alpha value is -0.640. The Morgan fingerprint density at radius 1 is 1.54 bits per heavy atom. The molecule has 1 heterocycles. The fourth-order valence-electron chi connectivity index (χ4n) is 1.99. The topological polar surface area (TPSA) is 34.9 Å². The zero-order valence-corrected chi connectivity index (χ0v) is 8.42. The maximum Gasteiger partial charge on any atom is 0.324 e. The van der Waals surface area contributed by atoms with Crippen molar-refractivity contribution in [2.75, 3.05) is 0 Å². The molecular formula is C9H14N2OS. The van der Waals surface area contributed by atoms with Gasteiger partial charge in [0, 0.05) is 6.54 Å². The molecule has 0 radical (unpaired) electrons. The Labute approximate surface area is 81.4 Å². The van der Waals surface area contributed by atoms with Gasteiger partial charge in [-0.05, 0) is 12.3 Å². The highest BCUT2D eigenvalue weighted by atomic mass is 32.1. The van der Waals surface area contributed by atoms with Gasteiger partial charge in [-0.1, -0.05) is 37.0 Å². The first kappa shape index (κ1) is 8.94. The van der Waals surface area contributed by atoms with E-state index in [4.69, 9.17) is 0 Å². The molecule has 1 fully saturated rings. The summed E-state index contributed by atoms with van der Waals surface area (Å²) in [5.41, 5.74) is 1.62. The van der Waals surface area contributed by atoms with E-state index < -0.39 is 0 Å². The standard InChI is InChI=1S/C9H14N2OS/c12-9-11(10-7-13-9)6-5-8-3-1-2-4-8/h7-8H,1-6H2. The van der Waals surface area contributed by atoms with Crippen molar-refractivity contribution in [1.29, 1.82) is 0 Å². The molecule has 0 amide bonds. The zero-order chi connectivity index (χ0) is 9.10. The molecule has 0 bridgehead atoms. The van der Waals surface area contributed by atoms with Crippen molar-refractivity contribution in [1.82, 2.24) is 9.78 Å². The van der Waals surface area contributed by atoms with Gasteiger partial charge in [0.1, 0.15) is 5.51 Å². The summed E-state index contributed by atoms with van der Waals surface area (Å²) in [6, 6.07) is 0. The van der Waals surface area contributed by atoms with E-state index in [1.54, 1.807) is 10.2 Å². The average Bonchev–Trinajstić information content (AvgIpc) is 2.72. The monoisotopic (exact) mass is 198 g/mol. The first-order chi connectivity index (χ1) is 6.36. The second-order valence-electron chi connectivity index (χ2n) is 3.67. The second kappa shape index (κ2) is 4.05. The molecule has 0 unspecified atom stereocenters. The van der Waals surface area contributed by atoms with E-state index in [9.17, 15) is 4.79 Å². The number of aryl methyl sites for hydroxylation is 1. The van der Waals surface area contributed by atoms with Gasteiger partial charge < -0.3 is 0 Å². The predicted molar refractivity (Wildman–Crippen MR) is 52.9 cm³/mol. The Morgan fingerprint density at radius 2 is 2.31 bits per heavy atom. The third-order valence-electron chi connectivity index (χ3n) is 2.77. The minimum atomic E-state index is 0.0815. The highest BCUT2D eigenvalue weighted by molar-refractivity contribution is 7.06. The summed E-state index contributed by atoms with van der Waals surface area (Å²) in [4.78, 5) is 11.2. The van der Waals surface area contributed by atoms with Crippen LogP contribution in [0.3, 0.4) is 0 Å². The summed E-state index contributed by atoms with van der Waals surface area (Å²) in [6.45, 7) is 0.812. The van der Waals surface area contributed by atoms with Gasteiger partial charge in [0.25, 0.3) is 0 Å². The van der Waals surface area contributed by atoms with Gasteiger partial charge in [0.15, 0.2) is 0 Å². The van der Waals surface area contributed by atoms with Crippen LogP contribution in [0.5, 0.6) is 0 Å². The highest BCUT2D eigenvalue weighted by Gasteiger charge is 2.14. The molecule has 1 saturated carbocycles. The Morgan fingerprint density at radius 3 is 2.92 bits per heavy atom. The lowest BCUT2D eigenvalue weighted by atomic mass is 10.0. The van der Waals surface area contributed by atoms with Crippen LogP contribution < -0.4 is 4.87 Å². The van der Waals surface area contributed by atoms with E-state index in [0.717, 1.165) is 18.9 Å². The molecular weight excluding hydrogens is 184 g/mol. The van der Waals surface area contributed by atoms with Gasteiger partial charge in [0.05, 0.1) is 0 Å². The summed E-state index contributed by atoms with van der Waals surface area (Å²) in [5, 5.41) is 4.00. The van der Waals surface area contributed by atoms with E-state index in [0.29, 0.717) is 0 Å². The molecule has 0 spiro atoms. The lowest BCUT2D eigenvalue weighted by Gasteiger charge is -2.06. The molecule has 72 valence electrons. The van der Waals surface area contributed by atoms with E-state index >= 15 is 0 Å². The summed E-state index contributed by atoms with van der Waals surface area (Å²) >= 11 is 1.18. The quantitative estimate of drug-likeness (QED) is 0.743. The van der Waals surface area contributed by atoms with Gasteiger partial charge in [-0.15, -0.1) is 0 Å². The van der Waals surface area contributed by atoms with Crippen LogP contribution in [0, 0.1) is 5.92 Å².